The van der Waals surface area contributed by atoms with Crippen LogP contribution < -0.4 is 9.47 Å². The Labute approximate surface area is 170 Å². The summed E-state index contributed by atoms with van der Waals surface area (Å²) in [4.78, 5) is 34.9. The van der Waals surface area contributed by atoms with E-state index in [0.717, 1.165) is 0 Å². The lowest BCUT2D eigenvalue weighted by atomic mass is 10.1. The van der Waals surface area contributed by atoms with Crippen LogP contribution in [0.15, 0.2) is 59.0 Å². The quantitative estimate of drug-likeness (QED) is 0.237. The van der Waals surface area contributed by atoms with Crippen LogP contribution in [0.4, 0.5) is 5.69 Å². The Morgan fingerprint density at radius 2 is 1.73 bits per heavy atom. The number of hydrogen-bond donors (Lipinski definition) is 0. The molecule has 0 unspecified atom stereocenters. The van der Waals surface area contributed by atoms with Crippen LogP contribution in [0.25, 0.3) is 11.3 Å². The molecule has 1 aromatic heterocycles. The van der Waals surface area contributed by atoms with E-state index in [2.05, 4.69) is 0 Å². The van der Waals surface area contributed by atoms with Crippen LogP contribution >= 0.6 is 0 Å². The molecule has 3 aromatic rings. The van der Waals surface area contributed by atoms with Gasteiger partial charge in [-0.1, -0.05) is 0 Å². The molecular formula is C21H17NO8. The average Bonchev–Trinajstić information content (AvgIpc) is 3.27. The van der Waals surface area contributed by atoms with Crippen LogP contribution in [-0.2, 0) is 4.74 Å². The number of nitro groups is 1. The number of ether oxygens (including phenoxy) is 3. The van der Waals surface area contributed by atoms with Gasteiger partial charge in [0.1, 0.15) is 17.3 Å². The van der Waals surface area contributed by atoms with Crippen LogP contribution in [0, 0.1) is 10.1 Å². The summed E-state index contributed by atoms with van der Waals surface area (Å²) >= 11 is 0. The maximum atomic E-state index is 12.4. The normalized spacial score (nSPS) is 10.3. The number of furan rings is 1. The number of carbonyl (C=O) groups is 2. The van der Waals surface area contributed by atoms with Crippen molar-refractivity contribution in [3.8, 4) is 22.8 Å². The van der Waals surface area contributed by atoms with Gasteiger partial charge in [0.05, 0.1) is 24.7 Å². The highest BCUT2D eigenvalue weighted by Gasteiger charge is 2.19. The Kier molecular flexibility index (Phi) is 6.11. The Morgan fingerprint density at radius 3 is 2.37 bits per heavy atom. The van der Waals surface area contributed by atoms with E-state index in [4.69, 9.17) is 18.6 Å². The topological polar surface area (TPSA) is 118 Å². The highest BCUT2D eigenvalue weighted by molar-refractivity contribution is 6.01. The van der Waals surface area contributed by atoms with Crippen molar-refractivity contribution in [3.05, 3.63) is 76.0 Å². The molecule has 0 aliphatic rings. The maximum absolute atomic E-state index is 12.4. The second kappa shape index (κ2) is 8.91. The third-order valence-electron chi connectivity index (χ3n) is 4.21. The number of Topliss-reactive ketones (excluding diaryl/α,β-unsaturated/α-hetero) is 1. The summed E-state index contributed by atoms with van der Waals surface area (Å²) in [5.41, 5.74) is 0.712. The third-order valence-corrected chi connectivity index (χ3v) is 4.21. The first kappa shape index (κ1) is 20.6. The van der Waals surface area contributed by atoms with Gasteiger partial charge in [-0.3, -0.25) is 14.9 Å². The predicted molar refractivity (Wildman–Crippen MR) is 105 cm³/mol. The molecule has 0 atom stereocenters. The number of methoxy groups -OCH3 is 2. The lowest BCUT2D eigenvalue weighted by Gasteiger charge is -2.09. The molecule has 0 bridgehead atoms. The summed E-state index contributed by atoms with van der Waals surface area (Å²) in [7, 11) is 2.89. The number of nitro benzene ring substituents is 1. The first-order valence-electron chi connectivity index (χ1n) is 8.70. The zero-order valence-electron chi connectivity index (χ0n) is 16.1. The van der Waals surface area contributed by atoms with Crippen molar-refractivity contribution in [2.75, 3.05) is 20.8 Å². The number of esters is 1. The van der Waals surface area contributed by atoms with Gasteiger partial charge in [0.15, 0.2) is 6.61 Å². The molecule has 9 heteroatoms. The molecule has 0 amide bonds. The Balaban J connectivity index is 1.67. The van der Waals surface area contributed by atoms with Gasteiger partial charge in [0.25, 0.3) is 5.69 Å². The van der Waals surface area contributed by atoms with E-state index >= 15 is 0 Å². The van der Waals surface area contributed by atoms with Crippen molar-refractivity contribution < 1.29 is 33.1 Å². The average molecular weight is 411 g/mol. The summed E-state index contributed by atoms with van der Waals surface area (Å²) in [6.45, 7) is -0.518. The molecule has 0 N–H and O–H groups in total. The minimum Gasteiger partial charge on any atom is -0.497 e. The second-order valence-electron chi connectivity index (χ2n) is 6.03. The molecule has 1 heterocycles. The van der Waals surface area contributed by atoms with Crippen molar-refractivity contribution in [3.63, 3.8) is 0 Å². The smallest absolute Gasteiger partial charge is 0.374 e. The number of benzene rings is 2. The van der Waals surface area contributed by atoms with E-state index in [1.165, 1.54) is 56.7 Å². The molecule has 154 valence electrons. The van der Waals surface area contributed by atoms with Crippen molar-refractivity contribution in [1.29, 1.82) is 0 Å². The highest BCUT2D eigenvalue weighted by atomic mass is 16.6. The predicted octanol–water partition coefficient (Wildman–Crippen LogP) is 3.91. The van der Waals surface area contributed by atoms with Gasteiger partial charge in [-0.05, 0) is 42.5 Å². The van der Waals surface area contributed by atoms with Gasteiger partial charge >= 0.3 is 5.97 Å². The number of nitrogens with zero attached hydrogens (tertiary/aromatic N) is 1. The Hall–Kier alpha value is -4.14. The van der Waals surface area contributed by atoms with Crippen molar-refractivity contribution in [2.24, 2.45) is 0 Å². The third kappa shape index (κ3) is 4.46. The lowest BCUT2D eigenvalue weighted by molar-refractivity contribution is -0.384. The molecule has 0 saturated carbocycles. The molecular weight excluding hydrogens is 394 g/mol. The Bertz CT molecular complexity index is 1080. The maximum Gasteiger partial charge on any atom is 0.374 e. The second-order valence-corrected chi connectivity index (χ2v) is 6.03. The van der Waals surface area contributed by atoms with E-state index in [9.17, 15) is 19.7 Å². The monoisotopic (exact) mass is 411 g/mol. The lowest BCUT2D eigenvalue weighted by Crippen LogP contribution is -2.14. The number of non-ortho nitro benzene ring substituents is 1. The van der Waals surface area contributed by atoms with E-state index in [0.29, 0.717) is 22.8 Å². The standard InChI is InChI=1S/C21H17NO8/c1-27-15-7-8-19(28-2)16(11-15)17(23)12-29-21(24)20-10-9-18(30-20)13-3-5-14(6-4-13)22(25)26/h3-11H,12H2,1-2H3. The SMILES string of the molecule is COc1ccc(OC)c(C(=O)COC(=O)c2ccc(-c3ccc([N+](=O)[O-])cc3)o2)c1. The summed E-state index contributed by atoms with van der Waals surface area (Å²) in [5, 5.41) is 10.7. The van der Waals surface area contributed by atoms with Gasteiger partial charge in [0.2, 0.25) is 11.5 Å². The van der Waals surface area contributed by atoms with Crippen molar-refractivity contribution in [1.82, 2.24) is 0 Å². The summed E-state index contributed by atoms with van der Waals surface area (Å²) < 4.78 is 20.8. The molecule has 2 aromatic carbocycles. The molecule has 0 fully saturated rings. The van der Waals surface area contributed by atoms with Crippen LogP contribution in [0.3, 0.4) is 0 Å². The number of carbonyl (C=O) groups excluding carboxylic acids is 2. The first-order valence-corrected chi connectivity index (χ1v) is 8.70. The molecule has 0 aliphatic heterocycles. The molecule has 3 rings (SSSR count). The van der Waals surface area contributed by atoms with Crippen molar-refractivity contribution in [2.45, 2.75) is 0 Å². The van der Waals surface area contributed by atoms with E-state index in [1.807, 2.05) is 0 Å². The Morgan fingerprint density at radius 1 is 1.00 bits per heavy atom. The number of hydrogen-bond acceptors (Lipinski definition) is 8. The van der Waals surface area contributed by atoms with Gasteiger partial charge in [-0.15, -0.1) is 0 Å². The summed E-state index contributed by atoms with van der Waals surface area (Å²) in [6.07, 6.45) is 0. The van der Waals surface area contributed by atoms with E-state index < -0.39 is 23.3 Å². The van der Waals surface area contributed by atoms with Crippen LogP contribution in [0.1, 0.15) is 20.9 Å². The van der Waals surface area contributed by atoms with Gasteiger partial charge in [-0.2, -0.15) is 0 Å². The fourth-order valence-corrected chi connectivity index (χ4v) is 2.66. The minimum atomic E-state index is -0.821. The van der Waals surface area contributed by atoms with Gasteiger partial charge in [0, 0.05) is 17.7 Å². The van der Waals surface area contributed by atoms with Gasteiger partial charge in [-0.25, -0.2) is 4.79 Å². The van der Waals surface area contributed by atoms with Gasteiger partial charge < -0.3 is 18.6 Å². The highest BCUT2D eigenvalue weighted by Crippen LogP contribution is 2.26. The molecule has 0 aliphatic carbocycles. The zero-order chi connectivity index (χ0) is 21.7. The fraction of sp³-hybridized carbons (Fsp3) is 0.143. The fourth-order valence-electron chi connectivity index (χ4n) is 2.66. The molecule has 0 radical (unpaired) electrons. The van der Waals surface area contributed by atoms with Crippen LogP contribution in [0.5, 0.6) is 11.5 Å². The summed E-state index contributed by atoms with van der Waals surface area (Å²) in [5.74, 6) is -0.273. The minimum absolute atomic E-state index is 0.0589. The number of ketones is 1. The first-order chi connectivity index (χ1) is 14.4. The summed E-state index contributed by atoms with van der Waals surface area (Å²) in [6, 6.07) is 13.3. The van der Waals surface area contributed by atoms with Crippen LogP contribution in [-0.4, -0.2) is 37.5 Å². The molecule has 0 spiro atoms. The van der Waals surface area contributed by atoms with E-state index in [-0.39, 0.29) is 17.0 Å². The van der Waals surface area contributed by atoms with Crippen LogP contribution in [0.2, 0.25) is 0 Å². The zero-order valence-corrected chi connectivity index (χ0v) is 16.1. The van der Waals surface area contributed by atoms with E-state index in [1.54, 1.807) is 12.1 Å². The largest absolute Gasteiger partial charge is 0.497 e. The van der Waals surface area contributed by atoms with Crippen molar-refractivity contribution >= 4 is 17.4 Å². The molecule has 0 saturated heterocycles. The molecule has 30 heavy (non-hydrogen) atoms. The molecule has 9 nitrogen and oxygen atoms in total. The number of rotatable bonds is 8.